The lowest BCUT2D eigenvalue weighted by Crippen LogP contribution is -2.28. The van der Waals surface area contributed by atoms with Gasteiger partial charge in [0, 0.05) is 12.7 Å². The maximum atomic E-state index is 12.9. The second-order valence-corrected chi connectivity index (χ2v) is 4.74. The maximum absolute atomic E-state index is 12.9. The highest BCUT2D eigenvalue weighted by molar-refractivity contribution is 5.32. The van der Waals surface area contributed by atoms with E-state index in [-0.39, 0.29) is 5.82 Å². The quantitative estimate of drug-likeness (QED) is 0.881. The van der Waals surface area contributed by atoms with E-state index in [4.69, 9.17) is 0 Å². The molecular weight excluding hydrogens is 229 g/mol. The van der Waals surface area contributed by atoms with Crippen LogP contribution in [0.15, 0.2) is 36.7 Å². The van der Waals surface area contributed by atoms with Crippen molar-refractivity contribution in [2.24, 2.45) is 0 Å². The summed E-state index contributed by atoms with van der Waals surface area (Å²) in [6.07, 6.45) is 6.39. The molecule has 1 aromatic heterocycles. The Morgan fingerprint density at radius 2 is 2.11 bits per heavy atom. The topological polar surface area (TPSA) is 29.9 Å². The van der Waals surface area contributed by atoms with Gasteiger partial charge in [0.1, 0.15) is 5.82 Å². The number of aromatic nitrogens is 2. The Kier molecular flexibility index (Phi) is 3.11. The normalized spacial score (nSPS) is 19.9. The van der Waals surface area contributed by atoms with Crippen molar-refractivity contribution in [3.8, 4) is 5.69 Å². The first-order valence-corrected chi connectivity index (χ1v) is 6.34. The first kappa shape index (κ1) is 11.4. The third kappa shape index (κ3) is 2.29. The van der Waals surface area contributed by atoms with E-state index in [2.05, 4.69) is 10.4 Å². The standard InChI is InChI=1S/C14H16FN3/c15-13-3-5-14(6-4-13)18-10-12(9-17-18)11-2-1-7-16-8-11/h3-6,9-11,16H,1-2,7-8H2. The van der Waals surface area contributed by atoms with Crippen LogP contribution in [0.25, 0.3) is 5.69 Å². The number of nitrogens with zero attached hydrogens (tertiary/aromatic N) is 2. The molecule has 1 aromatic carbocycles. The van der Waals surface area contributed by atoms with Crippen LogP contribution in [0.1, 0.15) is 24.3 Å². The van der Waals surface area contributed by atoms with Gasteiger partial charge in [-0.1, -0.05) is 0 Å². The van der Waals surface area contributed by atoms with Gasteiger partial charge in [-0.15, -0.1) is 0 Å². The highest BCUT2D eigenvalue weighted by Gasteiger charge is 2.16. The van der Waals surface area contributed by atoms with E-state index < -0.39 is 0 Å². The van der Waals surface area contributed by atoms with Crippen LogP contribution in [0.2, 0.25) is 0 Å². The lowest BCUT2D eigenvalue weighted by Gasteiger charge is -2.21. The molecule has 1 atom stereocenters. The zero-order chi connectivity index (χ0) is 12.4. The van der Waals surface area contributed by atoms with Crippen molar-refractivity contribution in [3.05, 3.63) is 48.0 Å². The second-order valence-electron chi connectivity index (χ2n) is 4.74. The Labute approximate surface area is 106 Å². The Hall–Kier alpha value is -1.68. The van der Waals surface area contributed by atoms with Crippen LogP contribution in [-0.2, 0) is 0 Å². The van der Waals surface area contributed by atoms with Gasteiger partial charge >= 0.3 is 0 Å². The average Bonchev–Trinajstić information content (AvgIpc) is 2.90. The molecular formula is C14H16FN3. The molecule has 4 heteroatoms. The molecule has 1 N–H and O–H groups in total. The SMILES string of the molecule is Fc1ccc(-n2cc(C3CCCNC3)cn2)cc1. The van der Waals surface area contributed by atoms with Crippen molar-refractivity contribution < 1.29 is 4.39 Å². The van der Waals surface area contributed by atoms with Gasteiger partial charge in [-0.3, -0.25) is 0 Å². The van der Waals surface area contributed by atoms with Crippen LogP contribution < -0.4 is 5.32 Å². The van der Waals surface area contributed by atoms with Gasteiger partial charge in [0.2, 0.25) is 0 Å². The zero-order valence-corrected chi connectivity index (χ0v) is 10.1. The van der Waals surface area contributed by atoms with Crippen molar-refractivity contribution in [3.63, 3.8) is 0 Å². The van der Waals surface area contributed by atoms with E-state index in [0.717, 1.165) is 18.8 Å². The van der Waals surface area contributed by atoms with Gasteiger partial charge in [0.15, 0.2) is 0 Å². The molecule has 0 spiro atoms. The van der Waals surface area contributed by atoms with Crippen molar-refractivity contribution in [1.82, 2.24) is 15.1 Å². The number of piperidine rings is 1. The molecule has 0 saturated carbocycles. The molecule has 0 amide bonds. The number of benzene rings is 1. The number of rotatable bonds is 2. The molecule has 2 aromatic rings. The molecule has 3 nitrogen and oxygen atoms in total. The predicted molar refractivity (Wildman–Crippen MR) is 68.4 cm³/mol. The minimum atomic E-state index is -0.220. The van der Waals surface area contributed by atoms with E-state index in [0.29, 0.717) is 5.92 Å². The largest absolute Gasteiger partial charge is 0.316 e. The molecule has 1 fully saturated rings. The molecule has 1 unspecified atom stereocenters. The fraction of sp³-hybridized carbons (Fsp3) is 0.357. The van der Waals surface area contributed by atoms with Crippen LogP contribution >= 0.6 is 0 Å². The van der Waals surface area contributed by atoms with Crippen molar-refractivity contribution in [2.45, 2.75) is 18.8 Å². The van der Waals surface area contributed by atoms with Gasteiger partial charge in [-0.05, 0) is 55.1 Å². The molecule has 1 saturated heterocycles. The number of hydrogen-bond acceptors (Lipinski definition) is 2. The summed E-state index contributed by atoms with van der Waals surface area (Å²) in [6.45, 7) is 2.14. The Morgan fingerprint density at radius 3 is 2.83 bits per heavy atom. The van der Waals surface area contributed by atoms with E-state index in [1.165, 1.54) is 30.5 Å². The van der Waals surface area contributed by atoms with Crippen molar-refractivity contribution in [1.29, 1.82) is 0 Å². The molecule has 0 bridgehead atoms. The number of nitrogens with one attached hydrogen (secondary N) is 1. The van der Waals surface area contributed by atoms with Gasteiger partial charge in [-0.25, -0.2) is 9.07 Å². The first-order valence-electron chi connectivity index (χ1n) is 6.34. The smallest absolute Gasteiger partial charge is 0.123 e. The van der Waals surface area contributed by atoms with Crippen LogP contribution in [0.4, 0.5) is 4.39 Å². The minimum absolute atomic E-state index is 0.220. The average molecular weight is 245 g/mol. The molecule has 0 radical (unpaired) electrons. The maximum Gasteiger partial charge on any atom is 0.123 e. The van der Waals surface area contributed by atoms with Crippen LogP contribution in [0.5, 0.6) is 0 Å². The van der Waals surface area contributed by atoms with E-state index in [9.17, 15) is 4.39 Å². The summed E-state index contributed by atoms with van der Waals surface area (Å²) in [5.41, 5.74) is 2.15. The van der Waals surface area contributed by atoms with Crippen LogP contribution in [0, 0.1) is 5.82 Å². The summed E-state index contributed by atoms with van der Waals surface area (Å²) >= 11 is 0. The van der Waals surface area contributed by atoms with Crippen molar-refractivity contribution >= 4 is 0 Å². The lowest BCUT2D eigenvalue weighted by molar-refractivity contribution is 0.461. The van der Waals surface area contributed by atoms with Gasteiger partial charge < -0.3 is 5.32 Å². The molecule has 3 rings (SSSR count). The van der Waals surface area contributed by atoms with E-state index >= 15 is 0 Å². The summed E-state index contributed by atoms with van der Waals surface area (Å²) in [6, 6.07) is 6.40. The van der Waals surface area contributed by atoms with Crippen molar-refractivity contribution in [2.75, 3.05) is 13.1 Å². The van der Waals surface area contributed by atoms with Crippen LogP contribution in [0.3, 0.4) is 0 Å². The van der Waals surface area contributed by atoms with Gasteiger partial charge in [-0.2, -0.15) is 5.10 Å². The lowest BCUT2D eigenvalue weighted by atomic mass is 9.94. The molecule has 1 aliphatic heterocycles. The van der Waals surface area contributed by atoms with Gasteiger partial charge in [0.05, 0.1) is 11.9 Å². The highest BCUT2D eigenvalue weighted by atomic mass is 19.1. The number of halogens is 1. The third-order valence-corrected chi connectivity index (χ3v) is 3.46. The Bertz CT molecular complexity index is 512. The Morgan fingerprint density at radius 1 is 1.28 bits per heavy atom. The first-order chi connectivity index (χ1) is 8.83. The second kappa shape index (κ2) is 4.90. The zero-order valence-electron chi connectivity index (χ0n) is 10.1. The Balaban J connectivity index is 1.82. The molecule has 94 valence electrons. The minimum Gasteiger partial charge on any atom is -0.316 e. The summed E-state index contributed by atoms with van der Waals surface area (Å²) < 4.78 is 14.7. The monoisotopic (exact) mass is 245 g/mol. The summed E-state index contributed by atoms with van der Waals surface area (Å²) in [5.74, 6) is 0.329. The summed E-state index contributed by atoms with van der Waals surface area (Å²) in [4.78, 5) is 0. The van der Waals surface area contributed by atoms with E-state index in [1.807, 2.05) is 17.1 Å². The molecule has 1 aliphatic rings. The molecule has 2 heterocycles. The predicted octanol–water partition coefficient (Wildman–Crippen LogP) is 2.48. The molecule has 0 aliphatic carbocycles. The van der Waals surface area contributed by atoms with Crippen LogP contribution in [-0.4, -0.2) is 22.9 Å². The number of hydrogen-bond donors (Lipinski definition) is 1. The summed E-state index contributed by atoms with van der Waals surface area (Å²) in [7, 11) is 0. The summed E-state index contributed by atoms with van der Waals surface area (Å²) in [5, 5.41) is 7.76. The molecule has 18 heavy (non-hydrogen) atoms. The fourth-order valence-electron chi connectivity index (χ4n) is 2.42. The fourth-order valence-corrected chi connectivity index (χ4v) is 2.42. The van der Waals surface area contributed by atoms with Gasteiger partial charge in [0.25, 0.3) is 0 Å². The van der Waals surface area contributed by atoms with E-state index in [1.54, 1.807) is 12.1 Å². The third-order valence-electron chi connectivity index (χ3n) is 3.46. The highest BCUT2D eigenvalue weighted by Crippen LogP contribution is 2.23.